The second-order valence-corrected chi connectivity index (χ2v) is 5.58. The SMILES string of the molecule is Fc1ccccc1-c1noc(-c2ccn(C3CCCNC3)n2)n1. The largest absolute Gasteiger partial charge is 0.332 e. The van der Waals surface area contributed by atoms with Gasteiger partial charge in [-0.3, -0.25) is 4.68 Å². The Morgan fingerprint density at radius 1 is 1.26 bits per heavy atom. The van der Waals surface area contributed by atoms with E-state index in [0.29, 0.717) is 23.2 Å². The van der Waals surface area contributed by atoms with Crippen LogP contribution in [0.15, 0.2) is 41.1 Å². The van der Waals surface area contributed by atoms with Crippen molar-refractivity contribution >= 4 is 0 Å². The van der Waals surface area contributed by atoms with E-state index in [1.165, 1.54) is 6.07 Å². The van der Waals surface area contributed by atoms with Crippen LogP contribution in [0.2, 0.25) is 0 Å². The zero-order valence-electron chi connectivity index (χ0n) is 12.4. The lowest BCUT2D eigenvalue weighted by Gasteiger charge is -2.22. The standard InChI is InChI=1S/C16H16FN5O/c17-13-6-2-1-5-12(13)15-19-16(23-21-15)14-7-9-22(20-14)11-4-3-8-18-10-11/h1-2,5-7,9,11,18H,3-4,8,10H2. The number of aromatic nitrogens is 4. The zero-order chi connectivity index (χ0) is 15.6. The molecule has 118 valence electrons. The topological polar surface area (TPSA) is 68.8 Å². The van der Waals surface area contributed by atoms with E-state index in [4.69, 9.17) is 4.52 Å². The van der Waals surface area contributed by atoms with Gasteiger partial charge in [0.1, 0.15) is 5.82 Å². The van der Waals surface area contributed by atoms with Crippen molar-refractivity contribution in [1.29, 1.82) is 0 Å². The molecule has 1 aromatic carbocycles. The van der Waals surface area contributed by atoms with Crippen LogP contribution in [0.4, 0.5) is 4.39 Å². The van der Waals surface area contributed by atoms with Crippen LogP contribution >= 0.6 is 0 Å². The Morgan fingerprint density at radius 3 is 3.00 bits per heavy atom. The minimum Gasteiger partial charge on any atom is -0.332 e. The van der Waals surface area contributed by atoms with Crippen LogP contribution in [0.3, 0.4) is 0 Å². The number of piperidine rings is 1. The number of hydrogen-bond acceptors (Lipinski definition) is 5. The lowest BCUT2D eigenvalue weighted by Crippen LogP contribution is -2.31. The average molecular weight is 313 g/mol. The maximum atomic E-state index is 13.8. The van der Waals surface area contributed by atoms with Crippen LogP contribution in [0.1, 0.15) is 18.9 Å². The molecule has 0 aliphatic carbocycles. The van der Waals surface area contributed by atoms with Gasteiger partial charge >= 0.3 is 0 Å². The molecule has 0 bridgehead atoms. The number of halogens is 1. The van der Waals surface area contributed by atoms with Gasteiger partial charge in [-0.05, 0) is 37.6 Å². The molecule has 1 fully saturated rings. The number of hydrogen-bond donors (Lipinski definition) is 1. The molecule has 3 aromatic rings. The van der Waals surface area contributed by atoms with Gasteiger partial charge in [0.05, 0.1) is 11.6 Å². The van der Waals surface area contributed by atoms with Crippen LogP contribution in [0, 0.1) is 5.82 Å². The maximum Gasteiger partial charge on any atom is 0.278 e. The summed E-state index contributed by atoms with van der Waals surface area (Å²) >= 11 is 0. The Kier molecular flexibility index (Phi) is 3.63. The summed E-state index contributed by atoms with van der Waals surface area (Å²) in [5, 5.41) is 11.7. The Labute approximate surface area is 132 Å². The van der Waals surface area contributed by atoms with Crippen LogP contribution in [0.25, 0.3) is 23.0 Å². The monoisotopic (exact) mass is 313 g/mol. The molecule has 0 radical (unpaired) electrons. The summed E-state index contributed by atoms with van der Waals surface area (Å²) in [7, 11) is 0. The van der Waals surface area contributed by atoms with E-state index >= 15 is 0 Å². The molecule has 1 N–H and O–H groups in total. The van der Waals surface area contributed by atoms with Gasteiger partial charge in [-0.15, -0.1) is 0 Å². The van der Waals surface area contributed by atoms with Gasteiger partial charge in [-0.2, -0.15) is 10.1 Å². The minimum atomic E-state index is -0.376. The van der Waals surface area contributed by atoms with Gasteiger partial charge < -0.3 is 9.84 Å². The van der Waals surface area contributed by atoms with Crippen molar-refractivity contribution in [1.82, 2.24) is 25.2 Å². The summed E-state index contributed by atoms with van der Waals surface area (Å²) in [4.78, 5) is 4.26. The smallest absolute Gasteiger partial charge is 0.278 e. The van der Waals surface area contributed by atoms with Crippen molar-refractivity contribution in [3.63, 3.8) is 0 Å². The van der Waals surface area contributed by atoms with Crippen LogP contribution in [0.5, 0.6) is 0 Å². The summed E-state index contributed by atoms with van der Waals surface area (Å²) in [6.07, 6.45) is 4.15. The molecule has 0 spiro atoms. The molecule has 3 heterocycles. The highest BCUT2D eigenvalue weighted by molar-refractivity contribution is 5.58. The number of benzene rings is 1. The molecular formula is C16H16FN5O. The Bertz CT molecular complexity index is 806. The van der Waals surface area contributed by atoms with E-state index in [9.17, 15) is 4.39 Å². The molecule has 7 heteroatoms. The summed E-state index contributed by atoms with van der Waals surface area (Å²) in [5.41, 5.74) is 0.920. The fraction of sp³-hybridized carbons (Fsp3) is 0.312. The van der Waals surface area contributed by atoms with Gasteiger partial charge in [0.2, 0.25) is 5.82 Å². The Balaban J connectivity index is 1.60. The molecule has 0 amide bonds. The third kappa shape index (κ3) is 2.75. The fourth-order valence-corrected chi connectivity index (χ4v) is 2.79. The van der Waals surface area contributed by atoms with Gasteiger partial charge in [0.25, 0.3) is 5.89 Å². The first kappa shape index (κ1) is 14.1. The third-order valence-electron chi connectivity index (χ3n) is 4.01. The van der Waals surface area contributed by atoms with Crippen LogP contribution in [-0.2, 0) is 0 Å². The molecule has 1 aliphatic rings. The zero-order valence-corrected chi connectivity index (χ0v) is 12.4. The molecule has 1 aliphatic heterocycles. The van der Waals surface area contributed by atoms with Crippen molar-refractivity contribution in [2.45, 2.75) is 18.9 Å². The molecule has 0 saturated carbocycles. The van der Waals surface area contributed by atoms with Crippen molar-refractivity contribution in [2.24, 2.45) is 0 Å². The van der Waals surface area contributed by atoms with E-state index in [0.717, 1.165) is 25.9 Å². The van der Waals surface area contributed by atoms with Crippen LogP contribution < -0.4 is 5.32 Å². The van der Waals surface area contributed by atoms with Crippen molar-refractivity contribution < 1.29 is 8.91 Å². The van der Waals surface area contributed by atoms with Gasteiger partial charge in [-0.25, -0.2) is 4.39 Å². The highest BCUT2D eigenvalue weighted by atomic mass is 19.1. The molecular weight excluding hydrogens is 297 g/mol. The van der Waals surface area contributed by atoms with E-state index < -0.39 is 0 Å². The first-order valence-corrected chi connectivity index (χ1v) is 7.66. The van der Waals surface area contributed by atoms with Gasteiger partial charge in [0.15, 0.2) is 5.69 Å². The number of nitrogens with zero attached hydrogens (tertiary/aromatic N) is 4. The van der Waals surface area contributed by atoms with Crippen molar-refractivity contribution in [3.05, 3.63) is 42.3 Å². The highest BCUT2D eigenvalue weighted by Gasteiger charge is 2.19. The number of nitrogens with one attached hydrogen (secondary N) is 1. The second kappa shape index (κ2) is 5.92. The summed E-state index contributed by atoms with van der Waals surface area (Å²) in [6, 6.07) is 8.53. The molecule has 4 rings (SSSR count). The molecule has 23 heavy (non-hydrogen) atoms. The first-order chi connectivity index (χ1) is 11.3. The normalized spacial score (nSPS) is 18.2. The highest BCUT2D eigenvalue weighted by Crippen LogP contribution is 2.24. The summed E-state index contributed by atoms with van der Waals surface area (Å²) in [5.74, 6) is 0.149. The van der Waals surface area contributed by atoms with E-state index in [1.807, 2.05) is 16.9 Å². The first-order valence-electron chi connectivity index (χ1n) is 7.66. The molecule has 1 unspecified atom stereocenters. The predicted octanol–water partition coefficient (Wildman–Crippen LogP) is 2.66. The molecule has 1 saturated heterocycles. The summed E-state index contributed by atoms with van der Waals surface area (Å²) < 4.78 is 21.0. The van der Waals surface area contributed by atoms with Crippen molar-refractivity contribution in [2.75, 3.05) is 13.1 Å². The van der Waals surface area contributed by atoms with E-state index in [2.05, 4.69) is 20.6 Å². The lowest BCUT2D eigenvalue weighted by molar-refractivity contribution is 0.346. The summed E-state index contributed by atoms with van der Waals surface area (Å²) in [6.45, 7) is 1.96. The quantitative estimate of drug-likeness (QED) is 0.805. The van der Waals surface area contributed by atoms with E-state index in [1.54, 1.807) is 18.2 Å². The second-order valence-electron chi connectivity index (χ2n) is 5.58. The lowest BCUT2D eigenvalue weighted by atomic mass is 10.1. The molecule has 1 atom stereocenters. The van der Waals surface area contributed by atoms with Crippen LogP contribution in [-0.4, -0.2) is 33.0 Å². The maximum absolute atomic E-state index is 13.8. The fourth-order valence-electron chi connectivity index (χ4n) is 2.79. The van der Waals surface area contributed by atoms with Gasteiger partial charge in [0, 0.05) is 12.7 Å². The van der Waals surface area contributed by atoms with Crippen molar-refractivity contribution in [3.8, 4) is 23.0 Å². The average Bonchev–Trinajstić information content (AvgIpc) is 3.25. The third-order valence-corrected chi connectivity index (χ3v) is 4.01. The van der Waals surface area contributed by atoms with Gasteiger partial charge in [-0.1, -0.05) is 17.3 Å². The number of rotatable bonds is 3. The predicted molar refractivity (Wildman–Crippen MR) is 82.1 cm³/mol. The minimum absolute atomic E-state index is 0.229. The molecule has 2 aromatic heterocycles. The Morgan fingerprint density at radius 2 is 2.17 bits per heavy atom. The Hall–Kier alpha value is -2.54. The van der Waals surface area contributed by atoms with E-state index in [-0.39, 0.29) is 11.6 Å². The molecule has 6 nitrogen and oxygen atoms in total.